The van der Waals surface area contributed by atoms with Crippen LogP contribution >= 0.6 is 0 Å². The molecule has 1 radical (unpaired) electrons. The predicted octanol–water partition coefficient (Wildman–Crippen LogP) is 11.8. The second kappa shape index (κ2) is 15.2. The molecule has 0 aliphatic carbocycles. The molecule has 5 nitrogen and oxygen atoms in total. The minimum absolute atomic E-state index is 0. The second-order valence-corrected chi connectivity index (χ2v) is 15.0. The average molecular weight is 847 g/mol. The van der Waals surface area contributed by atoms with Crippen LogP contribution < -0.4 is 0 Å². The Labute approximate surface area is 311 Å². The van der Waals surface area contributed by atoms with E-state index in [0.717, 1.165) is 48.0 Å². The van der Waals surface area contributed by atoms with Gasteiger partial charge in [0.05, 0.1) is 5.52 Å². The first-order valence-electron chi connectivity index (χ1n) is 17.7. The van der Waals surface area contributed by atoms with E-state index in [1.807, 2.05) is 41.5 Å². The van der Waals surface area contributed by atoms with Gasteiger partial charge in [0.25, 0.3) is 0 Å². The van der Waals surface area contributed by atoms with E-state index >= 15 is 0 Å². The minimum atomic E-state index is -0.337. The Morgan fingerprint density at radius 1 is 0.800 bits per heavy atom. The van der Waals surface area contributed by atoms with Gasteiger partial charge < -0.3 is 9.67 Å². The van der Waals surface area contributed by atoms with Crippen LogP contribution in [0.5, 0.6) is 0 Å². The molecule has 2 aromatic heterocycles. The third-order valence-electron chi connectivity index (χ3n) is 11.1. The summed E-state index contributed by atoms with van der Waals surface area (Å²) >= 11 is 0. The summed E-state index contributed by atoms with van der Waals surface area (Å²) in [6, 6.07) is 27.3. The van der Waals surface area contributed by atoms with Crippen molar-refractivity contribution < 1.29 is 30.0 Å². The molecular formula is C44H52IrN3O2-. The molecule has 0 fully saturated rings. The van der Waals surface area contributed by atoms with Crippen LogP contribution in [0.25, 0.3) is 54.7 Å². The van der Waals surface area contributed by atoms with E-state index in [2.05, 4.69) is 110 Å². The van der Waals surface area contributed by atoms with Crippen LogP contribution in [0, 0.1) is 16.9 Å². The first kappa shape index (κ1) is 38.9. The predicted molar refractivity (Wildman–Crippen MR) is 207 cm³/mol. The van der Waals surface area contributed by atoms with E-state index < -0.39 is 0 Å². The van der Waals surface area contributed by atoms with E-state index in [4.69, 9.17) is 4.98 Å². The smallest absolute Gasteiger partial charge is 0.164 e. The number of hydrogen-bond donors (Lipinski definition) is 1. The molecule has 0 aliphatic rings. The Bertz CT molecular complexity index is 2180. The molecule has 0 amide bonds. The van der Waals surface area contributed by atoms with Crippen LogP contribution in [-0.4, -0.2) is 25.4 Å². The average Bonchev–Trinajstić information content (AvgIpc) is 3.42. The van der Waals surface area contributed by atoms with Crippen molar-refractivity contribution in [3.63, 3.8) is 0 Å². The summed E-state index contributed by atoms with van der Waals surface area (Å²) in [5, 5.41) is 17.3. The van der Waals surface area contributed by atoms with Gasteiger partial charge in [-0.25, -0.2) is 4.98 Å². The maximum Gasteiger partial charge on any atom is 0.164 e. The zero-order chi connectivity index (χ0) is 35.7. The minimum Gasteiger partial charge on any atom is -0.512 e. The normalized spacial score (nSPS) is 12.6. The molecule has 6 heteroatoms. The molecule has 0 spiro atoms. The van der Waals surface area contributed by atoms with Crippen molar-refractivity contribution in [2.24, 2.45) is 17.9 Å². The van der Waals surface area contributed by atoms with Crippen LogP contribution in [0.15, 0.2) is 84.9 Å². The number of allylic oxidation sites excluding steroid dienone is 2. The number of fused-ring (bicyclic) bond motifs is 6. The number of aliphatic hydroxyl groups is 1. The molecule has 0 bridgehead atoms. The van der Waals surface area contributed by atoms with E-state index in [-0.39, 0.29) is 47.9 Å². The summed E-state index contributed by atoms with van der Waals surface area (Å²) in [6.45, 7) is 18.9. The van der Waals surface area contributed by atoms with Crippen molar-refractivity contribution in [1.29, 1.82) is 0 Å². The molecule has 50 heavy (non-hydrogen) atoms. The van der Waals surface area contributed by atoms with Gasteiger partial charge in [0.1, 0.15) is 17.7 Å². The molecular weight excluding hydrogens is 795 g/mol. The van der Waals surface area contributed by atoms with Crippen LogP contribution in [0.2, 0.25) is 0 Å². The van der Waals surface area contributed by atoms with Gasteiger partial charge in [-0.15, -0.1) is 29.1 Å². The molecule has 4 aromatic carbocycles. The largest absolute Gasteiger partial charge is 0.512 e. The van der Waals surface area contributed by atoms with Gasteiger partial charge >= 0.3 is 0 Å². The van der Waals surface area contributed by atoms with E-state index in [0.29, 0.717) is 0 Å². The quantitative estimate of drug-likeness (QED) is 0.0941. The third-order valence-corrected chi connectivity index (χ3v) is 11.1. The van der Waals surface area contributed by atoms with Crippen molar-refractivity contribution in [3.8, 4) is 11.3 Å². The van der Waals surface area contributed by atoms with Crippen LogP contribution in [0.3, 0.4) is 0 Å². The monoisotopic (exact) mass is 847 g/mol. The van der Waals surface area contributed by atoms with E-state index in [1.54, 1.807) is 6.33 Å². The molecule has 6 rings (SSSR count). The van der Waals surface area contributed by atoms with Gasteiger partial charge in [0, 0.05) is 65.9 Å². The Morgan fingerprint density at radius 2 is 1.42 bits per heavy atom. The first-order valence-corrected chi connectivity index (χ1v) is 17.7. The maximum atomic E-state index is 12.2. The van der Waals surface area contributed by atoms with Gasteiger partial charge in [0.2, 0.25) is 0 Å². The standard InChI is InChI=1S/C29H24N3.C15H28O2.Ir/c1-29(2,3)22-13-11-19-12-14-23-25-26(21-10-9-18-7-5-6-8-20(18)15-21)30-17-31-28(25)32(4)27(23)24(19)16-22;1-7-14(5,8-2)12(16)11-13(17)15(6,9-3)10-4;/h5-9,11-17H,1-4H3;11,16H,7-10H2,1-6H3;/q-1;;/b;12-11-;. The first-order chi connectivity index (χ1) is 23.2. The number of benzene rings is 4. The topological polar surface area (TPSA) is 68.0 Å². The summed E-state index contributed by atoms with van der Waals surface area (Å²) in [6.07, 6.45) is 6.42. The fourth-order valence-electron chi connectivity index (χ4n) is 6.47. The van der Waals surface area contributed by atoms with Gasteiger partial charge in [-0.3, -0.25) is 9.78 Å². The van der Waals surface area contributed by atoms with E-state index in [9.17, 15) is 9.90 Å². The van der Waals surface area contributed by atoms with Crippen molar-refractivity contribution >= 4 is 49.3 Å². The molecule has 0 unspecified atom stereocenters. The maximum absolute atomic E-state index is 12.2. The molecule has 6 aromatic rings. The number of aliphatic hydroxyl groups excluding tert-OH is 1. The molecule has 0 atom stereocenters. The van der Waals surface area contributed by atoms with E-state index in [1.165, 1.54) is 44.1 Å². The summed E-state index contributed by atoms with van der Waals surface area (Å²) < 4.78 is 2.21. The summed E-state index contributed by atoms with van der Waals surface area (Å²) in [5.41, 5.74) is 4.88. The van der Waals surface area contributed by atoms with Gasteiger partial charge in [-0.1, -0.05) is 116 Å². The van der Waals surface area contributed by atoms with Crippen molar-refractivity contribution in [1.82, 2.24) is 14.5 Å². The number of carbonyl (C=O) groups excluding carboxylic acids is 1. The molecule has 1 N–H and O–H groups in total. The van der Waals surface area contributed by atoms with Crippen LogP contribution in [0.1, 0.15) is 93.6 Å². The molecule has 0 saturated heterocycles. The zero-order valence-corrected chi connectivity index (χ0v) is 33.8. The number of hydrogen-bond acceptors (Lipinski definition) is 4. The summed E-state index contributed by atoms with van der Waals surface area (Å²) in [4.78, 5) is 21.6. The Kier molecular flexibility index (Phi) is 11.8. The van der Waals surface area contributed by atoms with Crippen LogP contribution in [0.4, 0.5) is 0 Å². The Hall–Kier alpha value is -3.86. The molecule has 0 saturated carbocycles. The summed E-state index contributed by atoms with van der Waals surface area (Å²) in [7, 11) is 2.11. The SMILES string of the molecule is CCC(C)(CC)C(=O)/C=C(\O)C(C)(CC)CC.Cn1c2ncnc(-c3[c-]cc4ccccc4c3)c2c2ccc3ccc(C(C)(C)C)cc3c21.[Ir]. The van der Waals surface area contributed by atoms with Crippen molar-refractivity contribution in [2.75, 3.05) is 0 Å². The summed E-state index contributed by atoms with van der Waals surface area (Å²) in [5.74, 6) is 0.286. The number of carbonyl (C=O) groups is 1. The fourth-order valence-corrected chi connectivity index (χ4v) is 6.47. The fraction of sp³-hybridized carbons (Fsp3) is 0.386. The number of nitrogens with zero attached hydrogens (tertiary/aromatic N) is 3. The van der Waals surface area contributed by atoms with Crippen molar-refractivity contribution in [3.05, 3.63) is 96.5 Å². The van der Waals surface area contributed by atoms with Crippen molar-refractivity contribution in [2.45, 2.75) is 93.4 Å². The third kappa shape index (κ3) is 7.29. The Balaban J connectivity index is 0.000000269. The second-order valence-electron chi connectivity index (χ2n) is 15.0. The molecule has 0 aliphatic heterocycles. The molecule has 2 heterocycles. The molecule has 265 valence electrons. The number of ketones is 1. The number of aromatic nitrogens is 3. The van der Waals surface area contributed by atoms with Gasteiger partial charge in [0.15, 0.2) is 5.78 Å². The Morgan fingerprint density at radius 3 is 2.04 bits per heavy atom. The zero-order valence-electron chi connectivity index (χ0n) is 31.4. The van der Waals surface area contributed by atoms with Gasteiger partial charge in [-0.2, -0.15) is 0 Å². The van der Waals surface area contributed by atoms with Gasteiger partial charge in [-0.05, 0) is 48.1 Å². The number of rotatable bonds is 8. The number of aryl methyl sites for hydroxylation is 1. The van der Waals surface area contributed by atoms with Crippen LogP contribution in [-0.2, 0) is 37.4 Å².